The van der Waals surface area contributed by atoms with Gasteiger partial charge in [-0.1, -0.05) is 19.9 Å². The smallest absolute Gasteiger partial charge is 0.0933 e. The Hall–Kier alpha value is -0.380. The van der Waals surface area contributed by atoms with Gasteiger partial charge in [0.2, 0.25) is 0 Å². The highest BCUT2D eigenvalue weighted by atomic mass is 16.3. The van der Waals surface area contributed by atoms with Crippen molar-refractivity contribution in [3.8, 4) is 0 Å². The van der Waals surface area contributed by atoms with Gasteiger partial charge in [-0.15, -0.1) is 6.58 Å². The standard InChI is InChI=1S/C19H32O3/c1-5-19(22)11-10-16(2)13(12-19)8-9-17(3)14(16)6-7-15(20)18(17,4)21/h5,13-15,20-22H,1,6-12H2,2-4H3/t13-,14+,15+,16-,17+,18-,19+/m0/s1. The molecule has 0 radical (unpaired) electrons. The number of rotatable bonds is 1. The van der Waals surface area contributed by atoms with Crippen LogP contribution in [0.4, 0.5) is 0 Å². The third-order valence-corrected chi connectivity index (χ3v) is 8.12. The number of hydrogen-bond acceptors (Lipinski definition) is 3. The van der Waals surface area contributed by atoms with Crippen LogP contribution in [0.25, 0.3) is 0 Å². The van der Waals surface area contributed by atoms with Crippen molar-refractivity contribution in [1.82, 2.24) is 0 Å². The Kier molecular flexibility index (Phi) is 3.60. The Labute approximate surface area is 134 Å². The van der Waals surface area contributed by atoms with Crippen molar-refractivity contribution in [3.63, 3.8) is 0 Å². The first-order chi connectivity index (χ1) is 10.1. The van der Waals surface area contributed by atoms with Crippen molar-refractivity contribution in [2.24, 2.45) is 22.7 Å². The summed E-state index contributed by atoms with van der Waals surface area (Å²) in [5, 5.41) is 32.0. The van der Waals surface area contributed by atoms with Crippen LogP contribution < -0.4 is 0 Å². The summed E-state index contributed by atoms with van der Waals surface area (Å²) in [4.78, 5) is 0. The number of fused-ring (bicyclic) bond motifs is 3. The summed E-state index contributed by atoms with van der Waals surface area (Å²) in [5.41, 5.74) is -1.82. The van der Waals surface area contributed by atoms with Gasteiger partial charge in [-0.25, -0.2) is 0 Å². The molecule has 3 saturated carbocycles. The monoisotopic (exact) mass is 308 g/mol. The molecule has 3 fully saturated rings. The van der Waals surface area contributed by atoms with Crippen LogP contribution in [0.3, 0.4) is 0 Å². The van der Waals surface area contributed by atoms with E-state index in [0.717, 1.165) is 38.5 Å². The maximum atomic E-state index is 11.0. The normalized spacial score (nSPS) is 58.5. The molecule has 0 aromatic carbocycles. The van der Waals surface area contributed by atoms with Gasteiger partial charge in [0.25, 0.3) is 0 Å². The minimum atomic E-state index is -1.02. The molecule has 3 aliphatic carbocycles. The maximum Gasteiger partial charge on any atom is 0.0933 e. The van der Waals surface area contributed by atoms with Crippen LogP contribution in [0.2, 0.25) is 0 Å². The van der Waals surface area contributed by atoms with E-state index < -0.39 is 17.3 Å². The van der Waals surface area contributed by atoms with Crippen LogP contribution in [0, 0.1) is 22.7 Å². The molecule has 3 nitrogen and oxygen atoms in total. The minimum absolute atomic E-state index is 0.145. The van der Waals surface area contributed by atoms with E-state index in [1.165, 1.54) is 0 Å². The molecule has 0 aromatic rings. The molecular weight excluding hydrogens is 276 g/mol. The fraction of sp³-hybridized carbons (Fsp3) is 0.895. The Morgan fingerprint density at radius 3 is 2.32 bits per heavy atom. The summed E-state index contributed by atoms with van der Waals surface area (Å²) in [6.45, 7) is 10.2. The first-order valence-corrected chi connectivity index (χ1v) is 8.85. The van der Waals surface area contributed by atoms with Gasteiger partial charge in [-0.2, -0.15) is 0 Å². The summed E-state index contributed by atoms with van der Waals surface area (Å²) < 4.78 is 0. The van der Waals surface area contributed by atoms with Gasteiger partial charge in [-0.05, 0) is 69.1 Å². The molecule has 3 N–H and O–H groups in total. The van der Waals surface area contributed by atoms with Crippen LogP contribution in [0.15, 0.2) is 12.7 Å². The molecule has 3 aliphatic rings. The molecule has 0 saturated heterocycles. The fourth-order valence-corrected chi connectivity index (χ4v) is 6.14. The van der Waals surface area contributed by atoms with Crippen molar-refractivity contribution in [3.05, 3.63) is 12.7 Å². The van der Waals surface area contributed by atoms with Gasteiger partial charge < -0.3 is 15.3 Å². The molecule has 0 unspecified atom stereocenters. The summed E-state index contributed by atoms with van der Waals surface area (Å²) in [7, 11) is 0. The van der Waals surface area contributed by atoms with E-state index in [0.29, 0.717) is 18.3 Å². The van der Waals surface area contributed by atoms with E-state index in [-0.39, 0.29) is 10.8 Å². The second kappa shape index (κ2) is 4.81. The van der Waals surface area contributed by atoms with E-state index in [1.54, 1.807) is 6.08 Å². The van der Waals surface area contributed by atoms with E-state index >= 15 is 0 Å². The molecular formula is C19H32O3. The van der Waals surface area contributed by atoms with Crippen molar-refractivity contribution in [2.45, 2.75) is 83.0 Å². The Morgan fingerprint density at radius 2 is 1.68 bits per heavy atom. The SMILES string of the molecule is C=C[C@@]1(O)CC[C@@]2(C)[C@@H](CC[C@]3(C)[C@@H]2CC[C@@H](O)[C@]3(C)O)C1. The van der Waals surface area contributed by atoms with Gasteiger partial charge in [0.1, 0.15) is 0 Å². The number of hydrogen-bond donors (Lipinski definition) is 3. The van der Waals surface area contributed by atoms with Gasteiger partial charge in [0.15, 0.2) is 0 Å². The molecule has 126 valence electrons. The lowest BCUT2D eigenvalue weighted by atomic mass is 9.41. The van der Waals surface area contributed by atoms with Crippen LogP contribution in [0.1, 0.15) is 65.7 Å². The maximum absolute atomic E-state index is 11.0. The zero-order valence-electron chi connectivity index (χ0n) is 14.3. The molecule has 0 amide bonds. The largest absolute Gasteiger partial charge is 0.390 e. The highest BCUT2D eigenvalue weighted by Crippen LogP contribution is 2.67. The second-order valence-electron chi connectivity index (χ2n) is 8.96. The third-order valence-electron chi connectivity index (χ3n) is 8.12. The molecule has 0 aliphatic heterocycles. The number of aliphatic hydroxyl groups excluding tert-OH is 1. The minimum Gasteiger partial charge on any atom is -0.390 e. The molecule has 3 heteroatoms. The Morgan fingerprint density at radius 1 is 1.00 bits per heavy atom. The molecule has 7 atom stereocenters. The summed E-state index contributed by atoms with van der Waals surface area (Å²) >= 11 is 0. The predicted octanol–water partition coefficient (Wildman–Crippen LogP) is 3.03. The lowest BCUT2D eigenvalue weighted by molar-refractivity contribution is -0.246. The lowest BCUT2D eigenvalue weighted by Gasteiger charge is -2.66. The summed E-state index contributed by atoms with van der Waals surface area (Å²) in [5.74, 6) is 0.889. The predicted molar refractivity (Wildman–Crippen MR) is 87.3 cm³/mol. The van der Waals surface area contributed by atoms with Gasteiger partial charge in [0, 0.05) is 5.41 Å². The average Bonchev–Trinajstić information content (AvgIpc) is 2.46. The summed E-state index contributed by atoms with van der Waals surface area (Å²) in [6, 6.07) is 0. The van der Waals surface area contributed by atoms with Crippen molar-refractivity contribution in [1.29, 1.82) is 0 Å². The van der Waals surface area contributed by atoms with Crippen LogP contribution in [-0.2, 0) is 0 Å². The first-order valence-electron chi connectivity index (χ1n) is 8.85. The van der Waals surface area contributed by atoms with Crippen LogP contribution in [-0.4, -0.2) is 32.6 Å². The van der Waals surface area contributed by atoms with Crippen molar-refractivity contribution in [2.75, 3.05) is 0 Å². The molecule has 0 aromatic heterocycles. The average molecular weight is 308 g/mol. The first kappa shape index (κ1) is 16.5. The lowest BCUT2D eigenvalue weighted by Crippen LogP contribution is -2.66. The second-order valence-corrected chi connectivity index (χ2v) is 8.96. The van der Waals surface area contributed by atoms with E-state index in [1.807, 2.05) is 6.92 Å². The van der Waals surface area contributed by atoms with Crippen LogP contribution in [0.5, 0.6) is 0 Å². The van der Waals surface area contributed by atoms with Gasteiger partial charge >= 0.3 is 0 Å². The molecule has 0 spiro atoms. The quantitative estimate of drug-likeness (QED) is 0.653. The molecule has 0 heterocycles. The Balaban J connectivity index is 1.95. The zero-order chi connectivity index (χ0) is 16.4. The van der Waals surface area contributed by atoms with E-state index in [2.05, 4.69) is 20.4 Å². The molecule has 0 bridgehead atoms. The molecule has 22 heavy (non-hydrogen) atoms. The highest BCUT2D eigenvalue weighted by molar-refractivity contribution is 5.16. The topological polar surface area (TPSA) is 60.7 Å². The Bertz CT molecular complexity index is 473. The molecule has 3 rings (SSSR count). The van der Waals surface area contributed by atoms with Gasteiger partial charge in [-0.3, -0.25) is 0 Å². The van der Waals surface area contributed by atoms with Gasteiger partial charge in [0.05, 0.1) is 17.3 Å². The van der Waals surface area contributed by atoms with Crippen molar-refractivity contribution >= 4 is 0 Å². The third kappa shape index (κ3) is 1.98. The van der Waals surface area contributed by atoms with E-state index in [9.17, 15) is 15.3 Å². The van der Waals surface area contributed by atoms with Crippen LogP contribution >= 0.6 is 0 Å². The van der Waals surface area contributed by atoms with E-state index in [4.69, 9.17) is 0 Å². The highest BCUT2D eigenvalue weighted by Gasteiger charge is 2.64. The zero-order valence-corrected chi connectivity index (χ0v) is 14.3. The number of aliphatic hydroxyl groups is 3. The fourth-order valence-electron chi connectivity index (χ4n) is 6.14. The van der Waals surface area contributed by atoms with Crippen molar-refractivity contribution < 1.29 is 15.3 Å². The summed E-state index contributed by atoms with van der Waals surface area (Å²) in [6.07, 6.45) is 7.24.